The highest BCUT2D eigenvalue weighted by Gasteiger charge is 2.48. The summed E-state index contributed by atoms with van der Waals surface area (Å²) in [5.41, 5.74) is 0. The second kappa shape index (κ2) is 14.0. The number of carboxylic acids is 1. The number of likely N-dealkylation sites (tertiary alicyclic amines) is 1. The van der Waals surface area contributed by atoms with Crippen molar-refractivity contribution >= 4 is 29.6 Å². The van der Waals surface area contributed by atoms with Gasteiger partial charge in [0.25, 0.3) is 0 Å². The van der Waals surface area contributed by atoms with E-state index in [0.29, 0.717) is 6.42 Å². The van der Waals surface area contributed by atoms with Crippen LogP contribution in [0.4, 0.5) is 0 Å². The van der Waals surface area contributed by atoms with Gasteiger partial charge in [0, 0.05) is 20.4 Å². The van der Waals surface area contributed by atoms with Crippen LogP contribution < -0.4 is 16.0 Å². The molecule has 0 unspecified atom stereocenters. The van der Waals surface area contributed by atoms with Crippen LogP contribution >= 0.6 is 0 Å². The van der Waals surface area contributed by atoms with E-state index in [4.69, 9.17) is 9.47 Å². The van der Waals surface area contributed by atoms with E-state index in [1.54, 1.807) is 13.8 Å². The molecular formula is C24H40N4O11. The van der Waals surface area contributed by atoms with Crippen molar-refractivity contribution in [1.29, 1.82) is 0 Å². The van der Waals surface area contributed by atoms with Crippen LogP contribution in [0.3, 0.4) is 0 Å². The Balaban J connectivity index is 2.39. The molecule has 0 radical (unpaired) electrons. The Kier molecular flexibility index (Phi) is 11.6. The summed E-state index contributed by atoms with van der Waals surface area (Å²) in [5, 5.41) is 47.5. The second-order valence-electron chi connectivity index (χ2n) is 10.2. The molecule has 2 saturated heterocycles. The fourth-order valence-electron chi connectivity index (χ4n) is 4.72. The summed E-state index contributed by atoms with van der Waals surface area (Å²) < 4.78 is 11.5. The zero-order valence-corrected chi connectivity index (χ0v) is 22.7. The van der Waals surface area contributed by atoms with Crippen LogP contribution in [-0.4, -0.2) is 123 Å². The first kappa shape index (κ1) is 32.4. The highest BCUT2D eigenvalue weighted by atomic mass is 16.7. The predicted octanol–water partition coefficient (Wildman–Crippen LogP) is -2.94. The zero-order chi connectivity index (χ0) is 29.6. The number of aliphatic hydroxyl groups is 3. The molecule has 0 spiro atoms. The largest absolute Gasteiger partial charge is 0.480 e. The van der Waals surface area contributed by atoms with E-state index in [1.807, 2.05) is 0 Å². The number of nitrogens with one attached hydrogen (secondary N) is 3. The molecule has 2 rings (SSSR count). The lowest BCUT2D eigenvalue weighted by atomic mass is 9.96. The smallest absolute Gasteiger partial charge is 0.326 e. The van der Waals surface area contributed by atoms with Crippen LogP contribution in [0.25, 0.3) is 0 Å². The molecule has 39 heavy (non-hydrogen) atoms. The van der Waals surface area contributed by atoms with Gasteiger partial charge < -0.3 is 50.8 Å². The summed E-state index contributed by atoms with van der Waals surface area (Å²) in [6.45, 7) is 6.60. The number of carbonyl (C=O) groups is 5. The molecule has 15 heteroatoms. The standard InChI is InChI=1S/C24H40N4O11/c1-10(2)16(25-12(4)30)21(34)27-17(22(35)28-8-6-7-14(28)23(36)37)11(3)38-24-18(26-13(5)31)20(33)19(32)15(9-29)39-24/h10-11,14-20,24,29,32-33H,6-9H2,1-5H3,(H,25,30)(H,26,31)(H,27,34)(H,36,37)/t11-,14+,15-,16+,17+,18-,19+,20-,24+/m1/s1. The summed E-state index contributed by atoms with van der Waals surface area (Å²) in [5.74, 6) is -4.10. The molecule has 2 aliphatic rings. The van der Waals surface area contributed by atoms with Gasteiger partial charge in [0.15, 0.2) is 6.29 Å². The SMILES string of the molecule is CC(=O)N[C@H]1[C@@H](O[C@H](C)[C@H](NC(=O)[C@@H](NC(C)=O)C(C)C)C(=O)N2CCC[C@H]2C(=O)O)O[C@H](CO)[C@H](O)[C@@H]1O. The maximum Gasteiger partial charge on any atom is 0.326 e. The van der Waals surface area contributed by atoms with E-state index in [2.05, 4.69) is 16.0 Å². The van der Waals surface area contributed by atoms with Crippen LogP contribution in [0.5, 0.6) is 0 Å². The highest BCUT2D eigenvalue weighted by Crippen LogP contribution is 2.25. The normalized spacial score (nSPS) is 29.3. The Bertz CT molecular complexity index is 917. The molecule has 222 valence electrons. The molecule has 4 amide bonds. The number of amides is 4. The van der Waals surface area contributed by atoms with E-state index >= 15 is 0 Å². The maximum atomic E-state index is 13.6. The van der Waals surface area contributed by atoms with Gasteiger partial charge in [-0.25, -0.2) is 4.79 Å². The average Bonchev–Trinajstić information content (AvgIpc) is 3.34. The minimum Gasteiger partial charge on any atom is -0.480 e. The average molecular weight is 561 g/mol. The molecule has 0 saturated carbocycles. The van der Waals surface area contributed by atoms with Gasteiger partial charge >= 0.3 is 5.97 Å². The molecule has 0 aromatic carbocycles. The third-order valence-electron chi connectivity index (χ3n) is 6.76. The highest BCUT2D eigenvalue weighted by molar-refractivity contribution is 5.94. The number of carboxylic acid groups (broad SMARTS) is 1. The number of hydrogen-bond donors (Lipinski definition) is 7. The van der Waals surface area contributed by atoms with E-state index in [9.17, 15) is 44.4 Å². The summed E-state index contributed by atoms with van der Waals surface area (Å²) in [6.07, 6.45) is -6.52. The Morgan fingerprint density at radius 1 is 1.00 bits per heavy atom. The van der Waals surface area contributed by atoms with Crippen LogP contribution in [-0.2, 0) is 33.4 Å². The van der Waals surface area contributed by atoms with E-state index in [-0.39, 0.29) is 18.9 Å². The fraction of sp³-hybridized carbons (Fsp3) is 0.792. The molecule has 0 aliphatic carbocycles. The van der Waals surface area contributed by atoms with Gasteiger partial charge in [0.1, 0.15) is 42.5 Å². The van der Waals surface area contributed by atoms with Gasteiger partial charge in [-0.15, -0.1) is 0 Å². The summed E-state index contributed by atoms with van der Waals surface area (Å²) in [4.78, 5) is 63.1. The number of hydrogen-bond acceptors (Lipinski definition) is 10. The van der Waals surface area contributed by atoms with Crippen LogP contribution in [0.15, 0.2) is 0 Å². The molecule has 2 aliphatic heterocycles. The first-order chi connectivity index (χ1) is 18.2. The number of ether oxygens (including phenoxy) is 2. The van der Waals surface area contributed by atoms with Crippen molar-refractivity contribution in [3.8, 4) is 0 Å². The van der Waals surface area contributed by atoms with Crippen LogP contribution in [0.1, 0.15) is 47.5 Å². The zero-order valence-electron chi connectivity index (χ0n) is 22.7. The van der Waals surface area contributed by atoms with E-state index in [1.165, 1.54) is 13.8 Å². The van der Waals surface area contributed by atoms with E-state index in [0.717, 1.165) is 11.8 Å². The lowest BCUT2D eigenvalue weighted by molar-refractivity contribution is -0.281. The minimum absolute atomic E-state index is 0.125. The molecule has 7 N–H and O–H groups in total. The van der Waals surface area contributed by atoms with Gasteiger partial charge in [-0.3, -0.25) is 19.2 Å². The van der Waals surface area contributed by atoms with Gasteiger partial charge in [0.05, 0.1) is 12.7 Å². The Morgan fingerprint density at radius 3 is 2.15 bits per heavy atom. The number of rotatable bonds is 11. The van der Waals surface area contributed by atoms with Gasteiger partial charge in [-0.2, -0.15) is 0 Å². The van der Waals surface area contributed by atoms with Gasteiger partial charge in [0.2, 0.25) is 23.6 Å². The molecule has 2 fully saturated rings. The molecule has 9 atom stereocenters. The summed E-state index contributed by atoms with van der Waals surface area (Å²) >= 11 is 0. The summed E-state index contributed by atoms with van der Waals surface area (Å²) in [7, 11) is 0. The molecule has 15 nitrogen and oxygen atoms in total. The van der Waals surface area contributed by atoms with Gasteiger partial charge in [-0.1, -0.05) is 13.8 Å². The molecule has 0 aromatic heterocycles. The van der Waals surface area contributed by atoms with Crippen LogP contribution in [0.2, 0.25) is 0 Å². The fourth-order valence-corrected chi connectivity index (χ4v) is 4.72. The predicted molar refractivity (Wildman–Crippen MR) is 133 cm³/mol. The first-order valence-corrected chi connectivity index (χ1v) is 12.8. The topological polar surface area (TPSA) is 224 Å². The van der Waals surface area contributed by atoms with Crippen molar-refractivity contribution in [2.24, 2.45) is 5.92 Å². The Labute approximate surface area is 226 Å². The lowest BCUT2D eigenvalue weighted by Gasteiger charge is -2.43. The first-order valence-electron chi connectivity index (χ1n) is 12.8. The number of carbonyl (C=O) groups excluding carboxylic acids is 4. The van der Waals surface area contributed by atoms with Crippen molar-refractivity contribution in [2.75, 3.05) is 13.2 Å². The quantitative estimate of drug-likeness (QED) is 0.135. The van der Waals surface area contributed by atoms with Crippen molar-refractivity contribution in [3.05, 3.63) is 0 Å². The van der Waals surface area contributed by atoms with Crippen molar-refractivity contribution in [1.82, 2.24) is 20.9 Å². The minimum atomic E-state index is -1.61. The molecule has 0 bridgehead atoms. The lowest BCUT2D eigenvalue weighted by Crippen LogP contribution is -2.66. The second-order valence-corrected chi connectivity index (χ2v) is 10.2. The number of aliphatic hydroxyl groups excluding tert-OH is 3. The Hall–Kier alpha value is -2.85. The van der Waals surface area contributed by atoms with Crippen LogP contribution in [0, 0.1) is 5.92 Å². The molecular weight excluding hydrogens is 520 g/mol. The molecule has 0 aromatic rings. The number of aliphatic carboxylic acids is 1. The third-order valence-corrected chi connectivity index (χ3v) is 6.76. The monoisotopic (exact) mass is 560 g/mol. The molecule has 2 heterocycles. The Morgan fingerprint density at radius 2 is 1.64 bits per heavy atom. The van der Waals surface area contributed by atoms with E-state index < -0.39 is 91.1 Å². The maximum absolute atomic E-state index is 13.6. The summed E-state index contributed by atoms with van der Waals surface area (Å²) in [6, 6.07) is -4.91. The van der Waals surface area contributed by atoms with Crippen molar-refractivity contribution < 1.29 is 53.9 Å². The van der Waals surface area contributed by atoms with Crippen molar-refractivity contribution in [3.63, 3.8) is 0 Å². The third kappa shape index (κ3) is 8.08. The number of nitrogens with zero attached hydrogens (tertiary/aromatic N) is 1. The van der Waals surface area contributed by atoms with Crippen molar-refractivity contribution in [2.45, 2.75) is 102 Å². The van der Waals surface area contributed by atoms with Gasteiger partial charge in [-0.05, 0) is 25.7 Å².